The van der Waals surface area contributed by atoms with Gasteiger partial charge in [0.2, 0.25) is 0 Å². The van der Waals surface area contributed by atoms with Crippen LogP contribution in [0, 0.1) is 27.7 Å². The van der Waals surface area contributed by atoms with Crippen LogP contribution in [0.15, 0.2) is 18.2 Å². The minimum absolute atomic E-state index is 0.256. The van der Waals surface area contributed by atoms with Crippen LogP contribution in [0.4, 0.5) is 5.82 Å². The summed E-state index contributed by atoms with van der Waals surface area (Å²) in [7, 11) is 0. The largest absolute Gasteiger partial charge is 0.481 e. The van der Waals surface area contributed by atoms with Crippen molar-refractivity contribution in [2.24, 2.45) is 0 Å². The molecule has 1 amide bonds. The van der Waals surface area contributed by atoms with Crippen LogP contribution in [0.3, 0.4) is 0 Å². The van der Waals surface area contributed by atoms with Gasteiger partial charge in [-0.2, -0.15) is 0 Å². The summed E-state index contributed by atoms with van der Waals surface area (Å²) in [6, 6.07) is 5.86. The number of anilines is 1. The zero-order chi connectivity index (χ0) is 18.3. The summed E-state index contributed by atoms with van der Waals surface area (Å²) in [6.07, 6.45) is -0.655. The Morgan fingerprint density at radius 2 is 2.04 bits per heavy atom. The first-order valence-electron chi connectivity index (χ1n) is 8.06. The van der Waals surface area contributed by atoms with Crippen LogP contribution >= 0.6 is 11.6 Å². The number of amides is 1. The highest BCUT2D eigenvalue weighted by atomic mass is 35.5. The zero-order valence-electron chi connectivity index (χ0n) is 14.9. The molecule has 1 unspecified atom stereocenters. The highest BCUT2D eigenvalue weighted by Gasteiger charge is 2.21. The molecule has 2 heterocycles. The first-order valence-corrected chi connectivity index (χ1v) is 8.43. The van der Waals surface area contributed by atoms with Crippen molar-refractivity contribution in [3.05, 3.63) is 45.7 Å². The average Bonchev–Trinajstić information content (AvgIpc) is 2.99. The maximum absolute atomic E-state index is 12.6. The van der Waals surface area contributed by atoms with Crippen molar-refractivity contribution in [2.75, 3.05) is 5.32 Å². The molecule has 0 bridgehead atoms. The van der Waals surface area contributed by atoms with Gasteiger partial charge in [-0.1, -0.05) is 29.3 Å². The fraction of sp³-hybridized carbons (Fsp3) is 0.333. The number of nitrogens with zero attached hydrogens (tertiary/aromatic N) is 2. The van der Waals surface area contributed by atoms with Gasteiger partial charge in [-0.25, -0.2) is 9.50 Å². The molecule has 2 aromatic heterocycles. The van der Waals surface area contributed by atoms with Crippen LogP contribution in [-0.2, 0) is 4.79 Å². The van der Waals surface area contributed by atoms with Gasteiger partial charge in [-0.05, 0) is 46.2 Å². The number of halogens is 1. The van der Waals surface area contributed by atoms with Gasteiger partial charge in [0.25, 0.3) is 5.91 Å². The highest BCUT2D eigenvalue weighted by molar-refractivity contribution is 6.34. The lowest BCUT2D eigenvalue weighted by Gasteiger charge is -2.16. The molecule has 6 nitrogen and oxygen atoms in total. The third-order valence-corrected chi connectivity index (χ3v) is 4.55. The summed E-state index contributed by atoms with van der Waals surface area (Å²) in [5.41, 5.74) is 4.21. The molecule has 0 radical (unpaired) electrons. The van der Waals surface area contributed by atoms with Crippen LogP contribution < -0.4 is 10.1 Å². The van der Waals surface area contributed by atoms with E-state index in [1.807, 2.05) is 45.9 Å². The van der Waals surface area contributed by atoms with Gasteiger partial charge in [-0.3, -0.25) is 9.89 Å². The number of aromatic nitrogens is 3. The lowest BCUT2D eigenvalue weighted by molar-refractivity contribution is -0.122. The van der Waals surface area contributed by atoms with E-state index in [4.69, 9.17) is 16.3 Å². The summed E-state index contributed by atoms with van der Waals surface area (Å²) >= 11 is 6.21. The Bertz CT molecular complexity index is 958. The fourth-order valence-electron chi connectivity index (χ4n) is 2.71. The Kier molecular flexibility index (Phi) is 4.47. The van der Waals surface area contributed by atoms with E-state index in [1.54, 1.807) is 11.4 Å². The van der Waals surface area contributed by atoms with Crippen molar-refractivity contribution in [3.8, 4) is 5.75 Å². The molecule has 25 heavy (non-hydrogen) atoms. The van der Waals surface area contributed by atoms with Crippen molar-refractivity contribution < 1.29 is 9.53 Å². The van der Waals surface area contributed by atoms with E-state index in [1.165, 1.54) is 0 Å². The standard InChI is InChI=1S/C18H21ClN4O2/c1-9-6-7-14(10(2)8-9)25-13(5)18(24)21-16-12(4)20-17-15(19)11(3)22-23(16)17/h6-8,13,22H,1-5H3,(H,21,24). The van der Waals surface area contributed by atoms with Crippen LogP contribution in [0.2, 0.25) is 5.02 Å². The van der Waals surface area contributed by atoms with E-state index < -0.39 is 6.10 Å². The number of fused-ring (bicyclic) bond motifs is 1. The van der Waals surface area contributed by atoms with Crippen molar-refractivity contribution in [2.45, 2.75) is 40.7 Å². The summed E-state index contributed by atoms with van der Waals surface area (Å²) in [6.45, 7) is 9.36. The topological polar surface area (TPSA) is 71.4 Å². The molecular weight excluding hydrogens is 340 g/mol. The predicted molar refractivity (Wildman–Crippen MR) is 98.7 cm³/mol. The average molecular weight is 361 g/mol. The number of ether oxygens (including phenoxy) is 1. The molecular formula is C18H21ClN4O2. The maximum atomic E-state index is 12.6. The Balaban J connectivity index is 1.80. The molecule has 132 valence electrons. The smallest absolute Gasteiger partial charge is 0.266 e. The van der Waals surface area contributed by atoms with E-state index >= 15 is 0 Å². The van der Waals surface area contributed by atoms with Crippen LogP contribution in [0.25, 0.3) is 5.65 Å². The molecule has 0 aliphatic heterocycles. The summed E-state index contributed by atoms with van der Waals surface area (Å²) < 4.78 is 7.49. The number of H-pyrrole nitrogens is 1. The van der Waals surface area contributed by atoms with E-state index in [0.717, 1.165) is 16.8 Å². The minimum Gasteiger partial charge on any atom is -0.481 e. The molecule has 3 rings (SSSR count). The van der Waals surface area contributed by atoms with Gasteiger partial charge in [0.1, 0.15) is 10.8 Å². The summed E-state index contributed by atoms with van der Waals surface area (Å²) in [5, 5.41) is 6.51. The number of imidazole rings is 1. The second-order valence-electron chi connectivity index (χ2n) is 6.27. The molecule has 7 heteroatoms. The van der Waals surface area contributed by atoms with Crippen molar-refractivity contribution in [3.63, 3.8) is 0 Å². The van der Waals surface area contributed by atoms with Gasteiger partial charge < -0.3 is 10.1 Å². The monoisotopic (exact) mass is 360 g/mol. The molecule has 0 aliphatic carbocycles. The molecule has 0 saturated carbocycles. The van der Waals surface area contributed by atoms with Gasteiger partial charge in [-0.15, -0.1) is 0 Å². The van der Waals surface area contributed by atoms with Gasteiger partial charge in [0.15, 0.2) is 17.6 Å². The number of carbonyl (C=O) groups excluding carboxylic acids is 1. The third kappa shape index (κ3) is 3.22. The number of nitrogens with one attached hydrogen (secondary N) is 2. The number of benzene rings is 1. The van der Waals surface area contributed by atoms with E-state index in [-0.39, 0.29) is 5.91 Å². The third-order valence-electron chi connectivity index (χ3n) is 4.10. The fourth-order valence-corrected chi connectivity index (χ4v) is 2.88. The molecule has 1 atom stereocenters. The molecule has 1 aromatic carbocycles. The Morgan fingerprint density at radius 3 is 2.72 bits per heavy atom. The molecule has 0 spiro atoms. The van der Waals surface area contributed by atoms with E-state index in [0.29, 0.717) is 27.9 Å². The highest BCUT2D eigenvalue weighted by Crippen LogP contribution is 2.26. The number of hydrogen-bond donors (Lipinski definition) is 2. The van der Waals surface area contributed by atoms with E-state index in [9.17, 15) is 4.79 Å². The molecule has 0 aliphatic rings. The molecule has 0 fully saturated rings. The Labute approximate surface area is 151 Å². The Hall–Kier alpha value is -2.47. The molecule has 0 saturated heterocycles. The van der Waals surface area contributed by atoms with Gasteiger partial charge in [0, 0.05) is 0 Å². The normalized spacial score (nSPS) is 12.4. The quantitative estimate of drug-likeness (QED) is 0.739. The lowest BCUT2D eigenvalue weighted by Crippen LogP contribution is -2.31. The molecule has 2 N–H and O–H groups in total. The second kappa shape index (κ2) is 6.44. The van der Waals surface area contributed by atoms with Gasteiger partial charge >= 0.3 is 0 Å². The van der Waals surface area contributed by atoms with Crippen LogP contribution in [-0.4, -0.2) is 26.6 Å². The maximum Gasteiger partial charge on any atom is 0.266 e. The first-order chi connectivity index (χ1) is 11.8. The first kappa shape index (κ1) is 17.4. The van der Waals surface area contributed by atoms with E-state index in [2.05, 4.69) is 15.4 Å². The molecule has 3 aromatic rings. The number of aryl methyl sites for hydroxylation is 4. The van der Waals surface area contributed by atoms with Crippen LogP contribution in [0.5, 0.6) is 5.75 Å². The number of hydrogen-bond acceptors (Lipinski definition) is 3. The zero-order valence-corrected chi connectivity index (χ0v) is 15.7. The van der Waals surface area contributed by atoms with Gasteiger partial charge in [0.05, 0.1) is 11.4 Å². The summed E-state index contributed by atoms with van der Waals surface area (Å²) in [5.74, 6) is 1.00. The van der Waals surface area contributed by atoms with Crippen LogP contribution in [0.1, 0.15) is 29.4 Å². The number of aromatic amines is 1. The minimum atomic E-state index is -0.655. The number of carbonyl (C=O) groups is 1. The van der Waals surface area contributed by atoms with Crippen molar-refractivity contribution in [1.82, 2.24) is 14.6 Å². The number of rotatable bonds is 4. The lowest BCUT2D eigenvalue weighted by atomic mass is 10.1. The Morgan fingerprint density at radius 1 is 1.32 bits per heavy atom. The SMILES string of the molecule is Cc1ccc(OC(C)C(=O)Nc2c(C)nc3c(Cl)c(C)[nH]n23)c(C)c1. The summed E-state index contributed by atoms with van der Waals surface area (Å²) in [4.78, 5) is 17.0. The van der Waals surface area contributed by atoms with Crippen molar-refractivity contribution in [1.29, 1.82) is 0 Å². The second-order valence-corrected chi connectivity index (χ2v) is 6.65. The predicted octanol–water partition coefficient (Wildman–Crippen LogP) is 3.96. The van der Waals surface area contributed by atoms with Crippen molar-refractivity contribution >= 4 is 29.0 Å².